The van der Waals surface area contributed by atoms with Gasteiger partial charge in [-0.15, -0.1) is 0 Å². The molecule has 0 radical (unpaired) electrons. The summed E-state index contributed by atoms with van der Waals surface area (Å²) in [5.74, 6) is 2.23. The third-order valence-electron chi connectivity index (χ3n) is 8.52. The molecule has 3 rings (SSSR count). The summed E-state index contributed by atoms with van der Waals surface area (Å²) in [7, 11) is 0. The predicted octanol–water partition coefficient (Wildman–Crippen LogP) is 12.4. The van der Waals surface area contributed by atoms with Gasteiger partial charge in [-0.05, 0) is 54.8 Å². The van der Waals surface area contributed by atoms with Gasteiger partial charge in [0.2, 0.25) is 0 Å². The Labute approximate surface area is 273 Å². The Morgan fingerprint density at radius 3 is 1.49 bits per heavy atom. The molecule has 5 heteroatoms. The van der Waals surface area contributed by atoms with Crippen LogP contribution in [-0.4, -0.2) is 29.4 Å². The van der Waals surface area contributed by atoms with Gasteiger partial charge in [-0.2, -0.15) is 0 Å². The molecule has 0 saturated heterocycles. The van der Waals surface area contributed by atoms with Crippen LogP contribution in [0.3, 0.4) is 0 Å². The van der Waals surface area contributed by atoms with E-state index in [0.29, 0.717) is 18.0 Å². The van der Waals surface area contributed by atoms with Gasteiger partial charge in [-0.25, -0.2) is 14.4 Å². The SMILES string of the molecule is CCCCCCCCCCCCOc1ccc(-c2cnc(-c3ccc(OCC(F)CCCCCCCCCC)cc3)nc2)cc1. The summed E-state index contributed by atoms with van der Waals surface area (Å²) in [6.07, 6.45) is 26.4. The average molecular weight is 619 g/mol. The minimum Gasteiger partial charge on any atom is -0.494 e. The van der Waals surface area contributed by atoms with Crippen LogP contribution in [-0.2, 0) is 0 Å². The van der Waals surface area contributed by atoms with E-state index >= 15 is 0 Å². The second kappa shape index (κ2) is 23.4. The number of ether oxygens (including phenoxy) is 2. The molecule has 248 valence electrons. The lowest BCUT2D eigenvalue weighted by molar-refractivity contribution is 0.184. The molecule has 2 aromatic carbocycles. The fraction of sp³-hybridized carbons (Fsp3) is 0.600. The molecule has 3 aromatic rings. The molecule has 1 aromatic heterocycles. The minimum absolute atomic E-state index is 0.101. The Hall–Kier alpha value is -2.95. The second-order valence-corrected chi connectivity index (χ2v) is 12.5. The number of benzene rings is 2. The lowest BCUT2D eigenvalue weighted by Gasteiger charge is -2.11. The Balaban J connectivity index is 1.30. The van der Waals surface area contributed by atoms with Crippen molar-refractivity contribution in [2.24, 2.45) is 0 Å². The summed E-state index contributed by atoms with van der Waals surface area (Å²) in [5.41, 5.74) is 2.93. The van der Waals surface area contributed by atoms with E-state index in [1.54, 1.807) is 0 Å². The predicted molar refractivity (Wildman–Crippen MR) is 188 cm³/mol. The summed E-state index contributed by atoms with van der Waals surface area (Å²) in [6, 6.07) is 15.8. The quantitative estimate of drug-likeness (QED) is 0.0840. The van der Waals surface area contributed by atoms with Crippen molar-refractivity contribution in [2.45, 2.75) is 142 Å². The average Bonchev–Trinajstić information content (AvgIpc) is 3.08. The fourth-order valence-corrected chi connectivity index (χ4v) is 5.62. The summed E-state index contributed by atoms with van der Waals surface area (Å²) < 4.78 is 26.0. The molecular formula is C40H59FN2O2. The van der Waals surface area contributed by atoms with Crippen LogP contribution in [0.4, 0.5) is 4.39 Å². The number of halogens is 1. The van der Waals surface area contributed by atoms with E-state index in [1.165, 1.54) is 96.3 Å². The highest BCUT2D eigenvalue weighted by Gasteiger charge is 2.09. The van der Waals surface area contributed by atoms with Gasteiger partial charge in [0.25, 0.3) is 0 Å². The van der Waals surface area contributed by atoms with Gasteiger partial charge in [0.05, 0.1) is 6.61 Å². The zero-order valence-electron chi connectivity index (χ0n) is 28.3. The first-order valence-electron chi connectivity index (χ1n) is 18.1. The minimum atomic E-state index is -0.925. The summed E-state index contributed by atoms with van der Waals surface area (Å²) in [4.78, 5) is 9.18. The Kier molecular flexibility index (Phi) is 19.0. The van der Waals surface area contributed by atoms with Gasteiger partial charge in [0.1, 0.15) is 24.3 Å². The van der Waals surface area contributed by atoms with Crippen LogP contribution in [0.15, 0.2) is 60.9 Å². The van der Waals surface area contributed by atoms with E-state index in [-0.39, 0.29) is 6.61 Å². The molecule has 45 heavy (non-hydrogen) atoms. The van der Waals surface area contributed by atoms with Crippen LogP contribution < -0.4 is 9.47 Å². The van der Waals surface area contributed by atoms with Gasteiger partial charge in [0, 0.05) is 23.5 Å². The van der Waals surface area contributed by atoms with Crippen LogP contribution in [0.1, 0.15) is 136 Å². The number of aromatic nitrogens is 2. The number of nitrogens with zero attached hydrogens (tertiary/aromatic N) is 2. The molecular weight excluding hydrogens is 559 g/mol. The highest BCUT2D eigenvalue weighted by molar-refractivity contribution is 5.64. The molecule has 4 nitrogen and oxygen atoms in total. The lowest BCUT2D eigenvalue weighted by atomic mass is 10.1. The Bertz CT molecular complexity index is 1120. The molecule has 0 aliphatic rings. The first-order valence-corrected chi connectivity index (χ1v) is 18.1. The second-order valence-electron chi connectivity index (χ2n) is 12.5. The van der Waals surface area contributed by atoms with Gasteiger partial charge in [-0.3, -0.25) is 0 Å². The molecule has 0 aliphatic carbocycles. The number of hydrogen-bond donors (Lipinski definition) is 0. The fourth-order valence-electron chi connectivity index (χ4n) is 5.62. The van der Waals surface area contributed by atoms with Crippen molar-refractivity contribution >= 4 is 0 Å². The van der Waals surface area contributed by atoms with E-state index in [1.807, 2.05) is 48.8 Å². The van der Waals surface area contributed by atoms with Crippen molar-refractivity contribution in [3.63, 3.8) is 0 Å². The first kappa shape index (κ1) is 36.5. The molecule has 1 unspecified atom stereocenters. The number of alkyl halides is 1. The zero-order valence-corrected chi connectivity index (χ0v) is 28.3. The zero-order chi connectivity index (χ0) is 31.8. The first-order chi connectivity index (χ1) is 22.2. The topological polar surface area (TPSA) is 44.2 Å². The largest absolute Gasteiger partial charge is 0.494 e. The standard InChI is InChI=1S/C40H59FN2O2/c1-3-5-7-9-11-13-14-16-18-20-30-44-38-26-22-34(23-27-38)36-31-42-40(43-32-36)35-24-28-39(29-25-35)45-33-37(41)21-19-17-15-12-10-8-6-4-2/h22-29,31-32,37H,3-21,30,33H2,1-2H3. The van der Waals surface area contributed by atoms with E-state index in [9.17, 15) is 4.39 Å². The van der Waals surface area contributed by atoms with E-state index in [4.69, 9.17) is 9.47 Å². The Morgan fingerprint density at radius 1 is 0.511 bits per heavy atom. The van der Waals surface area contributed by atoms with Crippen LogP contribution in [0.25, 0.3) is 22.5 Å². The number of rotatable bonds is 26. The maximum absolute atomic E-state index is 14.3. The summed E-state index contributed by atoms with van der Waals surface area (Å²) in [6.45, 7) is 5.38. The van der Waals surface area contributed by atoms with Crippen molar-refractivity contribution < 1.29 is 13.9 Å². The van der Waals surface area contributed by atoms with Crippen molar-refractivity contribution in [3.05, 3.63) is 60.9 Å². The highest BCUT2D eigenvalue weighted by Crippen LogP contribution is 2.25. The number of unbranched alkanes of at least 4 members (excludes halogenated alkanes) is 16. The van der Waals surface area contributed by atoms with E-state index in [0.717, 1.165) is 48.3 Å². The number of hydrogen-bond acceptors (Lipinski definition) is 4. The van der Waals surface area contributed by atoms with E-state index in [2.05, 4.69) is 35.9 Å². The van der Waals surface area contributed by atoms with Gasteiger partial charge in [-0.1, -0.05) is 135 Å². The maximum Gasteiger partial charge on any atom is 0.159 e. The molecule has 0 aliphatic heterocycles. The van der Waals surface area contributed by atoms with Crippen molar-refractivity contribution in [1.82, 2.24) is 9.97 Å². The molecule has 1 heterocycles. The smallest absolute Gasteiger partial charge is 0.159 e. The van der Waals surface area contributed by atoms with Gasteiger partial charge < -0.3 is 9.47 Å². The molecule has 1 atom stereocenters. The summed E-state index contributed by atoms with van der Waals surface area (Å²) in [5, 5.41) is 0. The molecule has 0 bridgehead atoms. The molecule has 0 amide bonds. The Morgan fingerprint density at radius 2 is 0.956 bits per heavy atom. The molecule has 0 saturated carbocycles. The van der Waals surface area contributed by atoms with Crippen LogP contribution in [0.5, 0.6) is 11.5 Å². The van der Waals surface area contributed by atoms with Crippen LogP contribution in [0, 0.1) is 0 Å². The molecule has 0 N–H and O–H groups in total. The van der Waals surface area contributed by atoms with Crippen LogP contribution >= 0.6 is 0 Å². The van der Waals surface area contributed by atoms with Crippen LogP contribution in [0.2, 0.25) is 0 Å². The van der Waals surface area contributed by atoms with E-state index < -0.39 is 6.17 Å². The summed E-state index contributed by atoms with van der Waals surface area (Å²) >= 11 is 0. The molecule has 0 fully saturated rings. The third-order valence-corrected chi connectivity index (χ3v) is 8.52. The van der Waals surface area contributed by atoms with Crippen molar-refractivity contribution in [3.8, 4) is 34.0 Å². The maximum atomic E-state index is 14.3. The molecule has 0 spiro atoms. The van der Waals surface area contributed by atoms with Crippen molar-refractivity contribution in [1.29, 1.82) is 0 Å². The monoisotopic (exact) mass is 618 g/mol. The lowest BCUT2D eigenvalue weighted by Crippen LogP contribution is -2.12. The van der Waals surface area contributed by atoms with Crippen molar-refractivity contribution in [2.75, 3.05) is 13.2 Å². The highest BCUT2D eigenvalue weighted by atomic mass is 19.1. The third kappa shape index (κ3) is 15.7. The van der Waals surface area contributed by atoms with Gasteiger partial charge >= 0.3 is 0 Å². The van der Waals surface area contributed by atoms with Gasteiger partial charge in [0.15, 0.2) is 5.82 Å². The normalized spacial score (nSPS) is 11.9.